The number of rotatable bonds is 0. The summed E-state index contributed by atoms with van der Waals surface area (Å²) in [4.78, 5) is 1.24. The van der Waals surface area contributed by atoms with E-state index in [2.05, 4.69) is 13.0 Å². The predicted molar refractivity (Wildman–Crippen MR) is 51.3 cm³/mol. The van der Waals surface area contributed by atoms with Gasteiger partial charge in [-0.25, -0.2) is 0 Å². The smallest absolute Gasteiger partial charge is 0.0811 e. The Morgan fingerprint density at radius 3 is 3.00 bits per heavy atom. The van der Waals surface area contributed by atoms with E-state index >= 15 is 0 Å². The van der Waals surface area contributed by atoms with Crippen LogP contribution in [0, 0.1) is 0 Å². The van der Waals surface area contributed by atoms with Crippen molar-refractivity contribution in [2.75, 3.05) is 0 Å². The average molecular weight is 180 g/mol. The molecule has 2 atom stereocenters. The molecule has 0 saturated heterocycles. The van der Waals surface area contributed by atoms with Crippen molar-refractivity contribution in [3.63, 3.8) is 0 Å². The van der Waals surface area contributed by atoms with Crippen molar-refractivity contribution in [1.82, 2.24) is 0 Å². The van der Waals surface area contributed by atoms with Gasteiger partial charge in [-0.15, -0.1) is 11.8 Å². The fourth-order valence-electron chi connectivity index (χ4n) is 1.57. The van der Waals surface area contributed by atoms with Crippen molar-refractivity contribution in [3.05, 3.63) is 29.8 Å². The van der Waals surface area contributed by atoms with Gasteiger partial charge < -0.3 is 5.11 Å². The first-order valence-corrected chi connectivity index (χ1v) is 5.09. The average Bonchev–Trinajstić information content (AvgIpc) is 2.04. The molecule has 0 spiro atoms. The van der Waals surface area contributed by atoms with E-state index in [9.17, 15) is 5.11 Å². The Morgan fingerprint density at radius 1 is 1.42 bits per heavy atom. The van der Waals surface area contributed by atoms with Gasteiger partial charge in [0.2, 0.25) is 0 Å². The maximum Gasteiger partial charge on any atom is 0.0811 e. The summed E-state index contributed by atoms with van der Waals surface area (Å²) in [5, 5.41) is 10.3. The van der Waals surface area contributed by atoms with Gasteiger partial charge in [-0.1, -0.05) is 25.1 Å². The summed E-state index contributed by atoms with van der Waals surface area (Å²) < 4.78 is 0. The van der Waals surface area contributed by atoms with Crippen LogP contribution in [0.2, 0.25) is 0 Å². The Labute approximate surface area is 76.8 Å². The van der Waals surface area contributed by atoms with E-state index in [1.165, 1.54) is 4.90 Å². The molecule has 0 fully saturated rings. The van der Waals surface area contributed by atoms with Crippen molar-refractivity contribution in [2.45, 2.75) is 29.6 Å². The fraction of sp³-hybridized carbons (Fsp3) is 0.400. The molecule has 0 aliphatic carbocycles. The second-order valence-electron chi connectivity index (χ2n) is 3.22. The van der Waals surface area contributed by atoms with Crippen molar-refractivity contribution in [1.29, 1.82) is 0 Å². The van der Waals surface area contributed by atoms with Crippen LogP contribution < -0.4 is 0 Å². The minimum atomic E-state index is -0.252. The largest absolute Gasteiger partial charge is 0.388 e. The highest BCUT2D eigenvalue weighted by Gasteiger charge is 2.22. The number of aliphatic hydroxyl groups excluding tert-OH is 1. The molecule has 0 saturated carbocycles. The summed E-state index contributed by atoms with van der Waals surface area (Å²) >= 11 is 1.86. The maximum atomic E-state index is 9.72. The van der Waals surface area contributed by atoms with Gasteiger partial charge in [0.15, 0.2) is 0 Å². The van der Waals surface area contributed by atoms with Crippen LogP contribution in [0.15, 0.2) is 29.2 Å². The Hall–Kier alpha value is -0.470. The number of hydrogen-bond donors (Lipinski definition) is 1. The molecular formula is C10H12OS. The lowest BCUT2D eigenvalue weighted by Crippen LogP contribution is -2.12. The SMILES string of the molecule is CC1CC(O)c2ccccc2S1. The Morgan fingerprint density at radius 2 is 2.17 bits per heavy atom. The van der Waals surface area contributed by atoms with E-state index in [0.717, 1.165) is 12.0 Å². The van der Waals surface area contributed by atoms with Crippen LogP contribution in [-0.4, -0.2) is 10.4 Å². The van der Waals surface area contributed by atoms with E-state index in [4.69, 9.17) is 0 Å². The molecule has 1 heterocycles. The molecule has 1 aromatic carbocycles. The molecule has 1 aliphatic rings. The molecule has 2 unspecified atom stereocenters. The quantitative estimate of drug-likeness (QED) is 0.662. The van der Waals surface area contributed by atoms with Gasteiger partial charge in [-0.2, -0.15) is 0 Å². The van der Waals surface area contributed by atoms with Crippen LogP contribution in [0.1, 0.15) is 25.0 Å². The molecule has 0 aromatic heterocycles. The van der Waals surface area contributed by atoms with Gasteiger partial charge >= 0.3 is 0 Å². The van der Waals surface area contributed by atoms with Crippen LogP contribution >= 0.6 is 11.8 Å². The molecular weight excluding hydrogens is 168 g/mol. The van der Waals surface area contributed by atoms with E-state index in [1.807, 2.05) is 30.0 Å². The van der Waals surface area contributed by atoms with Crippen molar-refractivity contribution < 1.29 is 5.11 Å². The van der Waals surface area contributed by atoms with Crippen LogP contribution in [-0.2, 0) is 0 Å². The van der Waals surface area contributed by atoms with Gasteiger partial charge in [-0.3, -0.25) is 0 Å². The highest BCUT2D eigenvalue weighted by atomic mass is 32.2. The van der Waals surface area contributed by atoms with Gasteiger partial charge in [-0.05, 0) is 18.1 Å². The predicted octanol–water partition coefficient (Wildman–Crippen LogP) is 2.60. The third-order valence-electron chi connectivity index (χ3n) is 2.16. The molecule has 64 valence electrons. The van der Waals surface area contributed by atoms with Gasteiger partial charge in [0, 0.05) is 10.1 Å². The third-order valence-corrected chi connectivity index (χ3v) is 3.38. The Bertz CT molecular complexity index is 285. The highest BCUT2D eigenvalue weighted by molar-refractivity contribution is 8.00. The zero-order valence-corrected chi connectivity index (χ0v) is 7.84. The van der Waals surface area contributed by atoms with Gasteiger partial charge in [0.05, 0.1) is 6.10 Å². The molecule has 0 bridgehead atoms. The van der Waals surface area contributed by atoms with E-state index < -0.39 is 0 Å². The molecule has 2 heteroatoms. The van der Waals surface area contributed by atoms with Crippen LogP contribution in [0.3, 0.4) is 0 Å². The second-order valence-corrected chi connectivity index (χ2v) is 4.70. The van der Waals surface area contributed by atoms with Gasteiger partial charge in [0.1, 0.15) is 0 Å². The summed E-state index contributed by atoms with van der Waals surface area (Å²) in [5.74, 6) is 0. The molecule has 0 radical (unpaired) electrons. The molecule has 12 heavy (non-hydrogen) atoms. The van der Waals surface area contributed by atoms with Crippen LogP contribution in [0.4, 0.5) is 0 Å². The topological polar surface area (TPSA) is 20.2 Å². The summed E-state index contributed by atoms with van der Waals surface area (Å²) in [6.45, 7) is 2.16. The molecule has 1 aromatic rings. The lowest BCUT2D eigenvalue weighted by Gasteiger charge is -2.25. The van der Waals surface area contributed by atoms with Crippen molar-refractivity contribution >= 4 is 11.8 Å². The molecule has 1 N–H and O–H groups in total. The van der Waals surface area contributed by atoms with E-state index in [-0.39, 0.29) is 6.10 Å². The highest BCUT2D eigenvalue weighted by Crippen LogP contribution is 2.39. The van der Waals surface area contributed by atoms with Crippen molar-refractivity contribution in [2.24, 2.45) is 0 Å². The van der Waals surface area contributed by atoms with E-state index in [0.29, 0.717) is 5.25 Å². The number of hydrogen-bond acceptors (Lipinski definition) is 2. The Balaban J connectivity index is 2.40. The van der Waals surface area contributed by atoms with Crippen LogP contribution in [0.25, 0.3) is 0 Å². The zero-order chi connectivity index (χ0) is 8.55. The number of thioether (sulfide) groups is 1. The minimum Gasteiger partial charge on any atom is -0.388 e. The lowest BCUT2D eigenvalue weighted by molar-refractivity contribution is 0.163. The van der Waals surface area contributed by atoms with Crippen molar-refractivity contribution in [3.8, 4) is 0 Å². The molecule has 1 aliphatic heterocycles. The molecule has 0 amide bonds. The Kier molecular flexibility index (Phi) is 2.11. The third kappa shape index (κ3) is 1.37. The number of benzene rings is 1. The second kappa shape index (κ2) is 3.11. The van der Waals surface area contributed by atoms with Crippen LogP contribution in [0.5, 0.6) is 0 Å². The fourth-order valence-corrected chi connectivity index (χ4v) is 2.78. The van der Waals surface area contributed by atoms with E-state index in [1.54, 1.807) is 0 Å². The zero-order valence-electron chi connectivity index (χ0n) is 7.03. The minimum absolute atomic E-state index is 0.252. The summed E-state index contributed by atoms with van der Waals surface area (Å²) in [7, 11) is 0. The summed E-state index contributed by atoms with van der Waals surface area (Å²) in [6.07, 6.45) is 0.624. The first-order valence-electron chi connectivity index (χ1n) is 4.21. The lowest BCUT2D eigenvalue weighted by atomic mass is 10.0. The summed E-state index contributed by atoms with van der Waals surface area (Å²) in [5.41, 5.74) is 1.10. The maximum absolute atomic E-state index is 9.72. The molecule has 1 nitrogen and oxygen atoms in total. The monoisotopic (exact) mass is 180 g/mol. The normalized spacial score (nSPS) is 28.2. The summed E-state index contributed by atoms with van der Waals surface area (Å²) in [6, 6.07) is 8.10. The van der Waals surface area contributed by atoms with Gasteiger partial charge in [0.25, 0.3) is 0 Å². The first-order chi connectivity index (χ1) is 5.77. The standard InChI is InChI=1S/C10H12OS/c1-7-6-9(11)8-4-2-3-5-10(8)12-7/h2-5,7,9,11H,6H2,1H3. The number of aliphatic hydroxyl groups is 1. The molecule has 2 rings (SSSR count). The number of fused-ring (bicyclic) bond motifs is 1. The first kappa shape index (κ1) is 8.14.